The molecule has 15 nitrogen and oxygen atoms in total. The zero-order valence-electron chi connectivity index (χ0n) is 20.5. The van der Waals surface area contributed by atoms with Crippen molar-refractivity contribution < 1.29 is 49.4 Å². The summed E-state index contributed by atoms with van der Waals surface area (Å²) in [6, 6.07) is -0.674. The van der Waals surface area contributed by atoms with Gasteiger partial charge in [0.25, 0.3) is 0 Å². The van der Waals surface area contributed by atoms with E-state index in [1.54, 1.807) is 19.6 Å². The number of carboxylic acids is 3. The third-order valence-electron chi connectivity index (χ3n) is 5.59. The summed E-state index contributed by atoms with van der Waals surface area (Å²) in [6.45, 7) is 0.676. The quantitative estimate of drug-likeness (QED) is 0.120. The zero-order chi connectivity index (χ0) is 26.9. The number of aliphatic hydroxyl groups is 2. The number of aliphatic carboxylic acids is 3. The molecule has 1 saturated heterocycles. The molecule has 1 rings (SSSR count). The van der Waals surface area contributed by atoms with Crippen LogP contribution in [0.15, 0.2) is 0 Å². The first-order valence-electron chi connectivity index (χ1n) is 11.8. The molecule has 1 fully saturated rings. The van der Waals surface area contributed by atoms with Crippen LogP contribution in [0.25, 0.3) is 0 Å². The number of nitrogens with one attached hydrogen (secondary N) is 1. The molecule has 1 atom stereocenters. The van der Waals surface area contributed by atoms with Crippen LogP contribution in [0.5, 0.6) is 0 Å². The molecule has 0 bridgehead atoms. The van der Waals surface area contributed by atoms with E-state index in [0.717, 1.165) is 0 Å². The molecule has 0 radical (unpaired) electrons. The highest BCUT2D eigenvalue weighted by atomic mass is 16.5. The number of ether oxygens (including phenoxy) is 1. The summed E-state index contributed by atoms with van der Waals surface area (Å²) >= 11 is 0. The van der Waals surface area contributed by atoms with Gasteiger partial charge in [0.05, 0.1) is 52.6 Å². The highest BCUT2D eigenvalue weighted by Crippen LogP contribution is 2.07. The summed E-state index contributed by atoms with van der Waals surface area (Å²) < 4.78 is 5.11. The summed E-state index contributed by atoms with van der Waals surface area (Å²) in [7, 11) is 0. The Morgan fingerprint density at radius 1 is 0.722 bits per heavy atom. The molecule has 208 valence electrons. The van der Waals surface area contributed by atoms with E-state index in [1.807, 2.05) is 0 Å². The van der Waals surface area contributed by atoms with Gasteiger partial charge in [0.2, 0.25) is 5.91 Å². The average molecular weight is 522 g/mol. The lowest BCUT2D eigenvalue weighted by Gasteiger charge is -2.36. The summed E-state index contributed by atoms with van der Waals surface area (Å²) in [5.74, 6) is -3.53. The smallest absolute Gasteiger partial charge is 0.317 e. The van der Waals surface area contributed by atoms with E-state index < -0.39 is 30.6 Å². The minimum Gasteiger partial charge on any atom is -0.480 e. The van der Waals surface area contributed by atoms with E-state index in [2.05, 4.69) is 5.32 Å². The first kappa shape index (κ1) is 31.6. The highest BCUT2D eigenvalue weighted by Gasteiger charge is 2.26. The molecule has 1 unspecified atom stereocenters. The molecule has 0 aliphatic carbocycles. The second-order valence-corrected chi connectivity index (χ2v) is 8.46. The molecule has 36 heavy (non-hydrogen) atoms. The number of rotatable bonds is 14. The Hall–Kier alpha value is -2.40. The minimum atomic E-state index is -1.11. The maximum atomic E-state index is 12.4. The van der Waals surface area contributed by atoms with E-state index in [-0.39, 0.29) is 91.2 Å². The van der Waals surface area contributed by atoms with Gasteiger partial charge >= 0.3 is 17.9 Å². The fourth-order valence-electron chi connectivity index (χ4n) is 3.83. The van der Waals surface area contributed by atoms with Crippen molar-refractivity contribution in [1.82, 2.24) is 24.9 Å². The number of hydrogen-bond donors (Lipinski definition) is 6. The van der Waals surface area contributed by atoms with Gasteiger partial charge in [-0.15, -0.1) is 0 Å². The molecule has 1 amide bonds. The number of carbonyl (C=O) groups excluding carboxylic acids is 1. The van der Waals surface area contributed by atoms with Crippen molar-refractivity contribution in [3.63, 3.8) is 0 Å². The fourth-order valence-corrected chi connectivity index (χ4v) is 3.83. The van der Waals surface area contributed by atoms with Gasteiger partial charge in [-0.25, -0.2) is 0 Å². The summed E-state index contributed by atoms with van der Waals surface area (Å²) in [5, 5.41) is 49.3. The van der Waals surface area contributed by atoms with Crippen LogP contribution in [0.1, 0.15) is 0 Å². The zero-order valence-corrected chi connectivity index (χ0v) is 20.5. The third-order valence-corrected chi connectivity index (χ3v) is 5.59. The maximum Gasteiger partial charge on any atom is 0.317 e. The average Bonchev–Trinajstić information content (AvgIpc) is 2.79. The van der Waals surface area contributed by atoms with Crippen molar-refractivity contribution in [3.8, 4) is 0 Å². The van der Waals surface area contributed by atoms with Crippen molar-refractivity contribution in [1.29, 1.82) is 0 Å². The lowest BCUT2D eigenvalue weighted by atomic mass is 10.2. The Bertz CT molecular complexity index is 698. The number of amides is 1. The Kier molecular flexibility index (Phi) is 15.8. The van der Waals surface area contributed by atoms with Crippen LogP contribution in [0.3, 0.4) is 0 Å². The van der Waals surface area contributed by atoms with Crippen LogP contribution in [0.2, 0.25) is 0 Å². The maximum absolute atomic E-state index is 12.4. The van der Waals surface area contributed by atoms with E-state index in [0.29, 0.717) is 13.1 Å². The van der Waals surface area contributed by atoms with Crippen LogP contribution >= 0.6 is 0 Å². The van der Waals surface area contributed by atoms with Gasteiger partial charge in [0.15, 0.2) is 0 Å². The lowest BCUT2D eigenvalue weighted by Crippen LogP contribution is -2.54. The van der Waals surface area contributed by atoms with Gasteiger partial charge in [-0.1, -0.05) is 0 Å². The first-order chi connectivity index (χ1) is 17.1. The fraction of sp³-hybridized carbons (Fsp3) is 0.810. The molecule has 1 heterocycles. The van der Waals surface area contributed by atoms with Crippen LogP contribution in [0.4, 0.5) is 0 Å². The van der Waals surface area contributed by atoms with Gasteiger partial charge < -0.3 is 35.6 Å². The highest BCUT2D eigenvalue weighted by molar-refractivity contribution is 5.78. The van der Waals surface area contributed by atoms with Gasteiger partial charge in [-0.05, 0) is 0 Å². The normalized spacial score (nSPS) is 19.8. The number of nitrogens with zero attached hydrogens (tertiary/aromatic N) is 4. The number of aliphatic hydroxyl groups excluding tert-OH is 2. The second-order valence-electron chi connectivity index (χ2n) is 8.46. The Morgan fingerprint density at radius 2 is 1.25 bits per heavy atom. The molecule has 0 saturated carbocycles. The molecule has 0 aromatic rings. The molecular weight excluding hydrogens is 482 g/mol. The van der Waals surface area contributed by atoms with Gasteiger partial charge in [-0.3, -0.25) is 38.8 Å². The predicted octanol–water partition coefficient (Wildman–Crippen LogP) is -4.05. The van der Waals surface area contributed by atoms with Crippen molar-refractivity contribution >= 4 is 23.8 Å². The Balaban J connectivity index is 2.99. The van der Waals surface area contributed by atoms with Gasteiger partial charge in [-0.2, -0.15) is 0 Å². The second kappa shape index (κ2) is 17.9. The SMILES string of the molecule is O=C(O)CN1CCN(CC(=O)NCCOCCO)CCN(CC(=O)O)C(CO)CN(CC(=O)O)CC1. The molecule has 6 N–H and O–H groups in total. The van der Waals surface area contributed by atoms with E-state index >= 15 is 0 Å². The molecule has 1 aliphatic rings. The monoisotopic (exact) mass is 521 g/mol. The van der Waals surface area contributed by atoms with Crippen LogP contribution in [-0.4, -0.2) is 180 Å². The van der Waals surface area contributed by atoms with Crippen LogP contribution < -0.4 is 5.32 Å². The largest absolute Gasteiger partial charge is 0.480 e. The Labute approximate surface area is 209 Å². The number of carboxylic acid groups (broad SMARTS) is 3. The molecule has 0 spiro atoms. The Morgan fingerprint density at radius 3 is 1.81 bits per heavy atom. The van der Waals surface area contributed by atoms with E-state index in [1.165, 1.54) is 0 Å². The van der Waals surface area contributed by atoms with Crippen LogP contribution in [-0.2, 0) is 23.9 Å². The summed E-state index contributed by atoms with van der Waals surface area (Å²) in [5.41, 5.74) is 0. The van der Waals surface area contributed by atoms with Crippen molar-refractivity contribution in [2.24, 2.45) is 0 Å². The van der Waals surface area contributed by atoms with Crippen molar-refractivity contribution in [2.75, 3.05) is 105 Å². The van der Waals surface area contributed by atoms with Crippen molar-refractivity contribution in [2.45, 2.75) is 6.04 Å². The minimum absolute atomic E-state index is 0.0171. The predicted molar refractivity (Wildman–Crippen MR) is 126 cm³/mol. The van der Waals surface area contributed by atoms with E-state index in [9.17, 15) is 39.6 Å². The van der Waals surface area contributed by atoms with Crippen molar-refractivity contribution in [3.05, 3.63) is 0 Å². The summed E-state index contributed by atoms with van der Waals surface area (Å²) in [4.78, 5) is 53.1. The topological polar surface area (TPSA) is 204 Å². The standard InChI is InChI=1S/C21H39N5O10/c27-8-10-36-9-1-22-18(29)12-23-2-3-24(13-19(30)31)4-5-25(14-20(32)33)11-17(16-28)26(7-6-23)15-21(34)35/h17,27-28H,1-16H2,(H,22,29)(H,30,31)(H,32,33)(H,34,35). The van der Waals surface area contributed by atoms with Gasteiger partial charge in [0.1, 0.15) is 0 Å². The first-order valence-corrected chi connectivity index (χ1v) is 11.8. The van der Waals surface area contributed by atoms with E-state index in [4.69, 9.17) is 9.84 Å². The third kappa shape index (κ3) is 14.2. The van der Waals surface area contributed by atoms with Gasteiger partial charge in [0, 0.05) is 58.4 Å². The number of hydrogen-bond acceptors (Lipinski definition) is 11. The molecular formula is C21H39N5O10. The van der Waals surface area contributed by atoms with Crippen LogP contribution in [0, 0.1) is 0 Å². The lowest BCUT2D eigenvalue weighted by molar-refractivity contribution is -0.141. The molecule has 15 heteroatoms. The molecule has 0 aromatic heterocycles. The summed E-state index contributed by atoms with van der Waals surface area (Å²) in [6.07, 6.45) is 0. The molecule has 0 aromatic carbocycles. The number of carbonyl (C=O) groups is 4. The molecule has 1 aliphatic heterocycles.